The zero-order valence-electron chi connectivity index (χ0n) is 11.9. The Balaban J connectivity index is 2.33. The molecule has 20 heavy (non-hydrogen) atoms. The molecule has 0 aliphatic carbocycles. The van der Waals surface area contributed by atoms with Crippen LogP contribution in [0, 0.1) is 5.92 Å². The van der Waals surface area contributed by atoms with Gasteiger partial charge in [0.05, 0.1) is 39.4 Å². The van der Waals surface area contributed by atoms with Crippen molar-refractivity contribution >= 4 is 11.9 Å². The van der Waals surface area contributed by atoms with Crippen molar-refractivity contribution in [3.05, 3.63) is 0 Å². The van der Waals surface area contributed by atoms with Gasteiger partial charge in [0.25, 0.3) is 5.54 Å². The minimum atomic E-state index is -1.81. The fraction of sp³-hybridized carbons (Fsp3) is 0.833. The maximum absolute atomic E-state index is 12.1. The topological polar surface area (TPSA) is 95.8 Å². The van der Waals surface area contributed by atoms with E-state index in [1.54, 1.807) is 13.8 Å². The van der Waals surface area contributed by atoms with Crippen LogP contribution in [0.5, 0.6) is 0 Å². The van der Waals surface area contributed by atoms with Crippen LogP contribution in [0.2, 0.25) is 0 Å². The van der Waals surface area contributed by atoms with Gasteiger partial charge in [-0.2, -0.15) is 10.2 Å². The van der Waals surface area contributed by atoms with Crippen molar-refractivity contribution in [2.45, 2.75) is 31.3 Å². The third-order valence-corrected chi connectivity index (χ3v) is 3.52. The lowest BCUT2D eigenvalue weighted by molar-refractivity contribution is -0.171. The third-order valence-electron chi connectivity index (χ3n) is 3.52. The van der Waals surface area contributed by atoms with Crippen molar-refractivity contribution in [3.8, 4) is 0 Å². The molecule has 0 aromatic carbocycles. The standard InChI is InChI=1S/C12H18N2O6/c1-11(2)19-6-8(20-11)7-5-13-14-12(7,9(15)17-3)10(16)18-4/h7-8H,5-6H2,1-4H3/t7-,8+/m0/s1. The minimum absolute atomic E-state index is 0.175. The molecule has 0 radical (unpaired) electrons. The molecule has 0 bridgehead atoms. The second-order valence-electron chi connectivity index (χ2n) is 5.15. The van der Waals surface area contributed by atoms with Gasteiger partial charge < -0.3 is 18.9 Å². The highest BCUT2D eigenvalue weighted by atomic mass is 16.7. The van der Waals surface area contributed by atoms with Gasteiger partial charge in [-0.25, -0.2) is 9.59 Å². The fourth-order valence-corrected chi connectivity index (χ4v) is 2.53. The second kappa shape index (κ2) is 5.10. The molecule has 2 aliphatic heterocycles. The highest BCUT2D eigenvalue weighted by Gasteiger charge is 2.62. The van der Waals surface area contributed by atoms with E-state index in [1.165, 1.54) is 14.2 Å². The summed E-state index contributed by atoms with van der Waals surface area (Å²) < 4.78 is 20.6. The first-order valence-electron chi connectivity index (χ1n) is 6.24. The number of rotatable bonds is 3. The van der Waals surface area contributed by atoms with Gasteiger partial charge >= 0.3 is 11.9 Å². The highest BCUT2D eigenvalue weighted by molar-refractivity contribution is 6.06. The summed E-state index contributed by atoms with van der Waals surface area (Å²) in [5.41, 5.74) is -1.81. The second-order valence-corrected chi connectivity index (χ2v) is 5.15. The lowest BCUT2D eigenvalue weighted by atomic mass is 9.81. The smallest absolute Gasteiger partial charge is 0.347 e. The van der Waals surface area contributed by atoms with E-state index in [9.17, 15) is 9.59 Å². The van der Waals surface area contributed by atoms with Gasteiger partial charge in [0, 0.05) is 0 Å². The number of azo groups is 1. The number of nitrogens with zero attached hydrogens (tertiary/aromatic N) is 2. The summed E-state index contributed by atoms with van der Waals surface area (Å²) in [5.74, 6) is -2.98. The first kappa shape index (κ1) is 14.9. The molecule has 0 aromatic rings. The number of esters is 2. The van der Waals surface area contributed by atoms with Gasteiger partial charge in [-0.1, -0.05) is 0 Å². The van der Waals surface area contributed by atoms with Gasteiger partial charge in [0.15, 0.2) is 5.79 Å². The molecule has 1 saturated heterocycles. The van der Waals surface area contributed by atoms with Gasteiger partial charge in [-0.3, -0.25) is 0 Å². The monoisotopic (exact) mass is 286 g/mol. The Bertz CT molecular complexity index is 431. The Morgan fingerprint density at radius 2 is 1.80 bits per heavy atom. The molecule has 2 aliphatic rings. The van der Waals surface area contributed by atoms with Crippen LogP contribution in [0.25, 0.3) is 0 Å². The molecule has 2 rings (SSSR count). The number of hydrogen-bond donors (Lipinski definition) is 0. The van der Waals surface area contributed by atoms with Gasteiger partial charge in [-0.15, -0.1) is 0 Å². The first-order chi connectivity index (χ1) is 9.37. The first-order valence-corrected chi connectivity index (χ1v) is 6.24. The SMILES string of the molecule is COC(=O)C1(C(=O)OC)N=NC[C@H]1[C@H]1COC(C)(C)O1. The van der Waals surface area contributed by atoms with Gasteiger partial charge in [-0.05, 0) is 13.8 Å². The van der Waals surface area contributed by atoms with Crippen LogP contribution in [0.1, 0.15) is 13.8 Å². The Morgan fingerprint density at radius 3 is 2.25 bits per heavy atom. The van der Waals surface area contributed by atoms with E-state index in [1.807, 2.05) is 0 Å². The summed E-state index contributed by atoms with van der Waals surface area (Å²) in [6.07, 6.45) is -0.488. The molecule has 8 heteroatoms. The van der Waals surface area contributed by atoms with Gasteiger partial charge in [0.1, 0.15) is 0 Å². The quantitative estimate of drug-likeness (QED) is 0.547. The normalized spacial score (nSPS) is 30.2. The van der Waals surface area contributed by atoms with Crippen molar-refractivity contribution < 1.29 is 28.5 Å². The maximum atomic E-state index is 12.1. The van der Waals surface area contributed by atoms with Crippen molar-refractivity contribution in [3.63, 3.8) is 0 Å². The third kappa shape index (κ3) is 2.18. The molecule has 0 amide bonds. The fourth-order valence-electron chi connectivity index (χ4n) is 2.53. The molecule has 0 N–H and O–H groups in total. The maximum Gasteiger partial charge on any atom is 0.347 e. The minimum Gasteiger partial charge on any atom is -0.467 e. The van der Waals surface area contributed by atoms with Crippen molar-refractivity contribution in [1.29, 1.82) is 0 Å². The van der Waals surface area contributed by atoms with Crippen molar-refractivity contribution in [1.82, 2.24) is 0 Å². The van der Waals surface area contributed by atoms with Crippen LogP contribution >= 0.6 is 0 Å². The van der Waals surface area contributed by atoms with E-state index in [-0.39, 0.29) is 13.2 Å². The summed E-state index contributed by atoms with van der Waals surface area (Å²) >= 11 is 0. The zero-order valence-corrected chi connectivity index (χ0v) is 11.9. The molecule has 0 saturated carbocycles. The lowest BCUT2D eigenvalue weighted by Gasteiger charge is -2.29. The molecule has 0 unspecified atom stereocenters. The largest absolute Gasteiger partial charge is 0.467 e. The molecular weight excluding hydrogens is 268 g/mol. The van der Waals surface area contributed by atoms with E-state index >= 15 is 0 Å². The Morgan fingerprint density at radius 1 is 1.20 bits per heavy atom. The van der Waals surface area contributed by atoms with E-state index in [4.69, 9.17) is 18.9 Å². The Kier molecular flexibility index (Phi) is 3.79. The summed E-state index contributed by atoms with van der Waals surface area (Å²) in [5, 5.41) is 7.66. The van der Waals surface area contributed by atoms with E-state index in [0.29, 0.717) is 0 Å². The van der Waals surface area contributed by atoms with Crippen LogP contribution in [0.15, 0.2) is 10.2 Å². The summed E-state index contributed by atoms with van der Waals surface area (Å²) in [6.45, 7) is 3.94. The summed E-state index contributed by atoms with van der Waals surface area (Å²) in [6, 6.07) is 0. The predicted molar refractivity (Wildman–Crippen MR) is 64.9 cm³/mol. The summed E-state index contributed by atoms with van der Waals surface area (Å²) in [7, 11) is 2.38. The molecular formula is C12H18N2O6. The molecule has 0 aromatic heterocycles. The average Bonchev–Trinajstić information content (AvgIpc) is 3.00. The van der Waals surface area contributed by atoms with E-state index < -0.39 is 35.3 Å². The molecule has 0 spiro atoms. The zero-order chi connectivity index (χ0) is 15.0. The highest BCUT2D eigenvalue weighted by Crippen LogP contribution is 2.39. The van der Waals surface area contributed by atoms with Crippen molar-refractivity contribution in [2.75, 3.05) is 27.4 Å². The molecule has 1 fully saturated rings. The van der Waals surface area contributed by atoms with Gasteiger partial charge in [0.2, 0.25) is 0 Å². The van der Waals surface area contributed by atoms with Crippen LogP contribution in [-0.4, -0.2) is 56.7 Å². The van der Waals surface area contributed by atoms with Crippen LogP contribution in [-0.2, 0) is 28.5 Å². The molecule has 8 nitrogen and oxygen atoms in total. The Hall–Kier alpha value is -1.54. The number of ether oxygens (including phenoxy) is 4. The Labute approximate surface area is 116 Å². The van der Waals surface area contributed by atoms with Crippen molar-refractivity contribution in [2.24, 2.45) is 16.1 Å². The molecule has 2 atom stereocenters. The number of carbonyl (C=O) groups is 2. The van der Waals surface area contributed by atoms with Crippen LogP contribution in [0.4, 0.5) is 0 Å². The molecule has 2 heterocycles. The van der Waals surface area contributed by atoms with Crippen LogP contribution < -0.4 is 0 Å². The van der Waals surface area contributed by atoms with E-state index in [0.717, 1.165) is 0 Å². The van der Waals surface area contributed by atoms with E-state index in [2.05, 4.69) is 10.2 Å². The number of carbonyl (C=O) groups excluding carboxylic acids is 2. The lowest BCUT2D eigenvalue weighted by Crippen LogP contribution is -2.55. The number of methoxy groups -OCH3 is 2. The predicted octanol–water partition coefficient (Wildman–Crippen LogP) is 0.305. The molecule has 112 valence electrons. The average molecular weight is 286 g/mol. The summed E-state index contributed by atoms with van der Waals surface area (Å²) in [4.78, 5) is 24.2. The number of hydrogen-bond acceptors (Lipinski definition) is 8. The van der Waals surface area contributed by atoms with Crippen LogP contribution in [0.3, 0.4) is 0 Å².